The number of unbranched alkanes of at least 4 members (excludes halogenated alkanes) is 1. The molecule has 1 N–H and O–H groups in total. The summed E-state index contributed by atoms with van der Waals surface area (Å²) in [7, 11) is 0. The van der Waals surface area contributed by atoms with Crippen LogP contribution in [0, 0.1) is 5.92 Å². The largest absolute Gasteiger partial charge is 0.481 e. The molecule has 0 radical (unpaired) electrons. The number of amides is 2. The lowest BCUT2D eigenvalue weighted by Gasteiger charge is -2.27. The summed E-state index contributed by atoms with van der Waals surface area (Å²) in [6, 6.07) is 9.04. The molecule has 2 aliphatic heterocycles. The van der Waals surface area contributed by atoms with Gasteiger partial charge in [-0.1, -0.05) is 43.7 Å². The van der Waals surface area contributed by atoms with Crippen molar-refractivity contribution in [1.82, 2.24) is 9.80 Å². The minimum atomic E-state index is -0.879. The molecule has 2 saturated heterocycles. The van der Waals surface area contributed by atoms with Crippen LogP contribution in [-0.2, 0) is 14.4 Å². The first-order valence-corrected chi connectivity index (χ1v) is 10.6. The lowest BCUT2D eigenvalue weighted by molar-refractivity contribution is -0.144. The van der Waals surface area contributed by atoms with E-state index in [-0.39, 0.29) is 24.3 Å². The first kappa shape index (κ1) is 19.7. The molecule has 3 atom stereocenters. The predicted molar refractivity (Wildman–Crippen MR) is 104 cm³/mol. The van der Waals surface area contributed by atoms with Gasteiger partial charge in [0.25, 0.3) is 0 Å². The minimum absolute atomic E-state index is 0.0220. The summed E-state index contributed by atoms with van der Waals surface area (Å²) in [5, 5.41) is 9.64. The number of hydrogen-bond acceptors (Lipinski definition) is 4. The van der Waals surface area contributed by atoms with E-state index in [1.807, 2.05) is 37.3 Å². The van der Waals surface area contributed by atoms with Gasteiger partial charge < -0.3 is 14.9 Å². The van der Waals surface area contributed by atoms with E-state index in [0.29, 0.717) is 24.6 Å². The molecule has 6 nitrogen and oxygen atoms in total. The van der Waals surface area contributed by atoms with E-state index in [1.165, 1.54) is 0 Å². The molecule has 0 spiro atoms. The highest BCUT2D eigenvalue weighted by Gasteiger charge is 2.44. The lowest BCUT2D eigenvalue weighted by Crippen LogP contribution is -2.48. The third-order valence-corrected chi connectivity index (χ3v) is 6.42. The van der Waals surface area contributed by atoms with Crippen molar-refractivity contribution in [2.45, 2.75) is 38.1 Å². The smallest absolute Gasteiger partial charge is 0.308 e. The highest BCUT2D eigenvalue weighted by Crippen LogP contribution is 2.34. The molecule has 1 aromatic rings. The molecular formula is C20H26N2O4S. The Morgan fingerprint density at radius 2 is 1.93 bits per heavy atom. The van der Waals surface area contributed by atoms with Crippen LogP contribution in [0.1, 0.15) is 37.7 Å². The van der Waals surface area contributed by atoms with Crippen molar-refractivity contribution < 1.29 is 19.5 Å². The Labute approximate surface area is 163 Å². The maximum Gasteiger partial charge on any atom is 0.308 e. The standard InChI is InChI=1S/C20H26N2O4S/c1-2-3-9-18(23)22-13-27-12-17(22)19(24)21-10-15(16(11-21)20(25)26)14-7-5-4-6-8-14/h4-8,15-17H,2-3,9-13H2,1H3,(H,25,26)/t15-,16-,17?/m0/s1. The number of likely N-dealkylation sites (tertiary alicyclic amines) is 1. The van der Waals surface area contributed by atoms with Gasteiger partial charge in [-0.2, -0.15) is 0 Å². The van der Waals surface area contributed by atoms with E-state index in [4.69, 9.17) is 0 Å². The fraction of sp³-hybridized carbons (Fsp3) is 0.550. The Bertz CT molecular complexity index is 696. The number of carboxylic acid groups (broad SMARTS) is 1. The van der Waals surface area contributed by atoms with Crippen LogP contribution >= 0.6 is 11.8 Å². The van der Waals surface area contributed by atoms with Crippen LogP contribution in [0.4, 0.5) is 0 Å². The zero-order valence-electron chi connectivity index (χ0n) is 15.5. The molecule has 0 aromatic heterocycles. The molecule has 2 aliphatic rings. The van der Waals surface area contributed by atoms with Gasteiger partial charge in [0.2, 0.25) is 11.8 Å². The van der Waals surface area contributed by atoms with E-state index in [9.17, 15) is 19.5 Å². The van der Waals surface area contributed by atoms with Gasteiger partial charge in [-0.25, -0.2) is 0 Å². The van der Waals surface area contributed by atoms with Gasteiger partial charge in [0, 0.05) is 31.2 Å². The number of nitrogens with zero attached hydrogens (tertiary/aromatic N) is 2. The quantitative estimate of drug-likeness (QED) is 0.807. The average Bonchev–Trinajstić information content (AvgIpc) is 3.33. The van der Waals surface area contributed by atoms with Crippen LogP contribution in [0.2, 0.25) is 0 Å². The number of hydrogen-bond donors (Lipinski definition) is 1. The maximum absolute atomic E-state index is 13.1. The van der Waals surface area contributed by atoms with E-state index < -0.39 is 17.9 Å². The molecule has 2 heterocycles. The Balaban J connectivity index is 1.73. The van der Waals surface area contributed by atoms with Crippen LogP contribution in [0.25, 0.3) is 0 Å². The normalized spacial score (nSPS) is 25.0. The Morgan fingerprint density at radius 3 is 2.59 bits per heavy atom. The third kappa shape index (κ3) is 4.29. The molecule has 3 rings (SSSR count). The summed E-state index contributed by atoms with van der Waals surface area (Å²) >= 11 is 1.58. The monoisotopic (exact) mass is 390 g/mol. The molecule has 2 fully saturated rings. The second kappa shape index (κ2) is 8.78. The summed E-state index contributed by atoms with van der Waals surface area (Å²) < 4.78 is 0. The summed E-state index contributed by atoms with van der Waals surface area (Å²) in [6.07, 6.45) is 2.23. The van der Waals surface area contributed by atoms with E-state index in [2.05, 4.69) is 0 Å². The first-order chi connectivity index (χ1) is 13.0. The molecule has 0 bridgehead atoms. The summed E-state index contributed by atoms with van der Waals surface area (Å²) in [5.74, 6) is -0.683. The number of carbonyl (C=O) groups is 3. The van der Waals surface area contributed by atoms with Crippen molar-refractivity contribution in [3.63, 3.8) is 0 Å². The first-order valence-electron chi connectivity index (χ1n) is 9.46. The maximum atomic E-state index is 13.1. The number of rotatable bonds is 6. The number of thioether (sulfide) groups is 1. The molecule has 0 aliphatic carbocycles. The van der Waals surface area contributed by atoms with E-state index in [0.717, 1.165) is 18.4 Å². The molecule has 0 saturated carbocycles. The van der Waals surface area contributed by atoms with Gasteiger partial charge in [0.05, 0.1) is 11.8 Å². The number of aliphatic carboxylic acids is 1. The van der Waals surface area contributed by atoms with Gasteiger partial charge >= 0.3 is 5.97 Å². The Kier molecular flexibility index (Phi) is 6.42. The summed E-state index contributed by atoms with van der Waals surface area (Å²) in [4.78, 5) is 40.6. The van der Waals surface area contributed by atoms with Gasteiger partial charge in [-0.15, -0.1) is 11.8 Å². The molecular weight excluding hydrogens is 364 g/mol. The fourth-order valence-electron chi connectivity index (χ4n) is 3.85. The third-order valence-electron chi connectivity index (χ3n) is 5.41. The molecule has 146 valence electrons. The topological polar surface area (TPSA) is 77.9 Å². The van der Waals surface area contributed by atoms with Crippen LogP contribution in [0.3, 0.4) is 0 Å². The van der Waals surface area contributed by atoms with Crippen LogP contribution in [0.15, 0.2) is 30.3 Å². The number of carbonyl (C=O) groups excluding carboxylic acids is 2. The lowest BCUT2D eigenvalue weighted by atomic mass is 9.89. The second-order valence-corrected chi connectivity index (χ2v) is 8.19. The highest BCUT2D eigenvalue weighted by atomic mass is 32.2. The van der Waals surface area contributed by atoms with Crippen molar-refractivity contribution in [2.75, 3.05) is 24.7 Å². The number of benzene rings is 1. The molecule has 2 amide bonds. The van der Waals surface area contributed by atoms with Crippen molar-refractivity contribution in [2.24, 2.45) is 5.92 Å². The summed E-state index contributed by atoms with van der Waals surface area (Å²) in [6.45, 7) is 2.62. The predicted octanol–water partition coefficient (Wildman–Crippen LogP) is 2.40. The van der Waals surface area contributed by atoms with Gasteiger partial charge in [-0.3, -0.25) is 14.4 Å². The van der Waals surface area contributed by atoms with Crippen molar-refractivity contribution in [3.8, 4) is 0 Å². The van der Waals surface area contributed by atoms with Crippen molar-refractivity contribution in [3.05, 3.63) is 35.9 Å². The number of carboxylic acids is 1. The Morgan fingerprint density at radius 1 is 1.19 bits per heavy atom. The van der Waals surface area contributed by atoms with Gasteiger partial charge in [0.15, 0.2) is 0 Å². The Hall–Kier alpha value is -2.02. The molecule has 1 aromatic carbocycles. The SMILES string of the molecule is CCCCC(=O)N1CSCC1C(=O)N1C[C@H](C(=O)O)[C@H](c2ccccc2)C1. The second-order valence-electron chi connectivity index (χ2n) is 7.19. The highest BCUT2D eigenvalue weighted by molar-refractivity contribution is 7.99. The van der Waals surface area contributed by atoms with Gasteiger partial charge in [-0.05, 0) is 12.0 Å². The van der Waals surface area contributed by atoms with Crippen LogP contribution in [-0.4, -0.2) is 63.5 Å². The average molecular weight is 391 g/mol. The molecule has 1 unspecified atom stereocenters. The van der Waals surface area contributed by atoms with Crippen LogP contribution in [0.5, 0.6) is 0 Å². The zero-order valence-corrected chi connectivity index (χ0v) is 16.4. The minimum Gasteiger partial charge on any atom is -0.481 e. The molecule has 7 heteroatoms. The zero-order chi connectivity index (χ0) is 19.4. The van der Waals surface area contributed by atoms with E-state index in [1.54, 1.807) is 21.6 Å². The van der Waals surface area contributed by atoms with Crippen molar-refractivity contribution in [1.29, 1.82) is 0 Å². The van der Waals surface area contributed by atoms with Gasteiger partial charge in [0.1, 0.15) is 6.04 Å². The van der Waals surface area contributed by atoms with E-state index >= 15 is 0 Å². The molecule has 27 heavy (non-hydrogen) atoms. The summed E-state index contributed by atoms with van der Waals surface area (Å²) in [5.41, 5.74) is 0.942. The fourth-order valence-corrected chi connectivity index (χ4v) is 5.02. The van der Waals surface area contributed by atoms with Crippen molar-refractivity contribution >= 4 is 29.5 Å². The van der Waals surface area contributed by atoms with Crippen LogP contribution < -0.4 is 0 Å².